The zero-order chi connectivity index (χ0) is 23.8. The number of rotatable bonds is 8. The number of hydrogen-bond acceptors (Lipinski definition) is 7. The van der Waals surface area contributed by atoms with Gasteiger partial charge in [0.1, 0.15) is 11.1 Å². The van der Waals surface area contributed by atoms with Crippen LogP contribution in [0.1, 0.15) is 32.9 Å². The molecule has 0 spiro atoms. The summed E-state index contributed by atoms with van der Waals surface area (Å²) in [5.74, 6) is -0.0737. The molecule has 34 heavy (non-hydrogen) atoms. The smallest absolute Gasteiger partial charge is 0.407 e. The van der Waals surface area contributed by atoms with Crippen molar-refractivity contribution in [3.05, 3.63) is 74.6 Å². The largest absolute Gasteiger partial charge is 0.449 e. The minimum absolute atomic E-state index is 0.184. The van der Waals surface area contributed by atoms with Crippen LogP contribution in [-0.4, -0.2) is 30.1 Å². The average Bonchev–Trinajstić information content (AvgIpc) is 3.49. The fourth-order valence-electron chi connectivity index (χ4n) is 3.80. The molecule has 174 valence electrons. The lowest BCUT2D eigenvalue weighted by Gasteiger charge is -2.21. The number of aromatic nitrogens is 1. The molecule has 4 rings (SSSR count). The number of thiophene rings is 2. The Labute approximate surface area is 206 Å². The average molecular weight is 493 g/mol. The van der Waals surface area contributed by atoms with Gasteiger partial charge in [0, 0.05) is 34.8 Å². The van der Waals surface area contributed by atoms with Gasteiger partial charge in [-0.3, -0.25) is 9.78 Å². The summed E-state index contributed by atoms with van der Waals surface area (Å²) in [7, 11) is 0. The van der Waals surface area contributed by atoms with Gasteiger partial charge in [-0.2, -0.15) is 5.26 Å². The normalized spacial score (nSPS) is 14.9. The third-order valence-corrected chi connectivity index (χ3v) is 7.52. The minimum atomic E-state index is -0.427. The van der Waals surface area contributed by atoms with E-state index in [1.54, 1.807) is 29.8 Å². The molecule has 1 unspecified atom stereocenters. The van der Waals surface area contributed by atoms with Crippen molar-refractivity contribution in [2.75, 3.05) is 18.5 Å². The number of amides is 2. The number of fused-ring (bicyclic) bond motifs is 1. The Balaban J connectivity index is 1.27. The van der Waals surface area contributed by atoms with E-state index in [0.29, 0.717) is 30.1 Å². The molecular weight excluding hydrogens is 468 g/mol. The fourth-order valence-corrected chi connectivity index (χ4v) is 5.73. The molecule has 1 atom stereocenters. The third kappa shape index (κ3) is 6.31. The number of nitriles is 1. The molecule has 3 aromatic rings. The topological polar surface area (TPSA) is 104 Å². The van der Waals surface area contributed by atoms with Gasteiger partial charge in [-0.25, -0.2) is 4.79 Å². The van der Waals surface area contributed by atoms with Gasteiger partial charge in [0.25, 0.3) is 0 Å². The molecule has 0 radical (unpaired) electrons. The SMILES string of the molecule is N#Cc1c(NC(=O)C=Cc2cccs2)sc2c1CCC(COC(=O)NCCc1cccnc1)C2. The molecule has 1 aliphatic rings. The summed E-state index contributed by atoms with van der Waals surface area (Å²) in [6.07, 6.45) is 9.28. The maximum atomic E-state index is 12.3. The van der Waals surface area contributed by atoms with Crippen molar-refractivity contribution in [1.29, 1.82) is 5.26 Å². The van der Waals surface area contributed by atoms with E-state index in [2.05, 4.69) is 21.7 Å². The molecule has 0 bridgehead atoms. The van der Waals surface area contributed by atoms with Crippen LogP contribution in [0.4, 0.5) is 9.80 Å². The van der Waals surface area contributed by atoms with Gasteiger partial charge in [-0.05, 0) is 66.3 Å². The number of pyridine rings is 1. The number of anilines is 1. The highest BCUT2D eigenvalue weighted by Crippen LogP contribution is 2.39. The van der Waals surface area contributed by atoms with E-state index in [0.717, 1.165) is 40.1 Å². The van der Waals surface area contributed by atoms with E-state index < -0.39 is 6.09 Å². The van der Waals surface area contributed by atoms with E-state index in [1.165, 1.54) is 17.4 Å². The van der Waals surface area contributed by atoms with Gasteiger partial charge >= 0.3 is 6.09 Å². The number of ether oxygens (including phenoxy) is 1. The van der Waals surface area contributed by atoms with Crippen LogP contribution in [0.15, 0.2) is 48.1 Å². The molecule has 3 heterocycles. The van der Waals surface area contributed by atoms with Crippen LogP contribution in [0, 0.1) is 17.2 Å². The van der Waals surface area contributed by atoms with Crippen molar-refractivity contribution in [3.63, 3.8) is 0 Å². The molecule has 9 heteroatoms. The lowest BCUT2D eigenvalue weighted by Crippen LogP contribution is -2.29. The maximum Gasteiger partial charge on any atom is 0.407 e. The zero-order valence-electron chi connectivity index (χ0n) is 18.5. The predicted octanol–water partition coefficient (Wildman–Crippen LogP) is 4.80. The molecule has 0 saturated carbocycles. The van der Waals surface area contributed by atoms with Gasteiger partial charge in [-0.1, -0.05) is 12.1 Å². The van der Waals surface area contributed by atoms with Gasteiger partial charge in [0.05, 0.1) is 12.2 Å². The maximum absolute atomic E-state index is 12.3. The second kappa shape index (κ2) is 11.6. The van der Waals surface area contributed by atoms with E-state index >= 15 is 0 Å². The highest BCUT2D eigenvalue weighted by molar-refractivity contribution is 7.16. The van der Waals surface area contributed by atoms with Crippen molar-refractivity contribution >= 4 is 45.8 Å². The Morgan fingerprint density at radius 3 is 3.00 bits per heavy atom. The standard InChI is InChI=1S/C25H24N4O3S2/c26-14-21-20-7-5-18(16-32-25(31)28-11-9-17-3-1-10-27-15-17)13-22(20)34-24(21)29-23(30)8-6-19-4-2-12-33-19/h1-4,6,8,10,12,15,18H,5,7,9,11,13,16H2,(H,28,31)(H,29,30). The summed E-state index contributed by atoms with van der Waals surface area (Å²) in [6.45, 7) is 0.809. The van der Waals surface area contributed by atoms with Crippen LogP contribution in [0.25, 0.3) is 6.08 Å². The second-order valence-corrected chi connectivity index (χ2v) is 9.99. The Bertz CT molecular complexity index is 1200. The molecule has 2 amide bonds. The lowest BCUT2D eigenvalue weighted by molar-refractivity contribution is -0.111. The minimum Gasteiger partial charge on any atom is -0.449 e. The molecule has 2 N–H and O–H groups in total. The van der Waals surface area contributed by atoms with Gasteiger partial charge in [-0.15, -0.1) is 22.7 Å². The summed E-state index contributed by atoms with van der Waals surface area (Å²) >= 11 is 2.99. The lowest BCUT2D eigenvalue weighted by atomic mass is 9.88. The quantitative estimate of drug-likeness (QED) is 0.440. The monoisotopic (exact) mass is 492 g/mol. The van der Waals surface area contributed by atoms with Crippen LogP contribution in [0.2, 0.25) is 0 Å². The van der Waals surface area contributed by atoms with Crippen LogP contribution >= 0.6 is 22.7 Å². The van der Waals surface area contributed by atoms with Crippen molar-refractivity contribution in [1.82, 2.24) is 10.3 Å². The molecule has 7 nitrogen and oxygen atoms in total. The Morgan fingerprint density at radius 1 is 1.32 bits per heavy atom. The van der Waals surface area contributed by atoms with Crippen molar-refractivity contribution in [2.45, 2.75) is 25.7 Å². The molecule has 0 aromatic carbocycles. The second-order valence-electron chi connectivity index (χ2n) is 7.90. The number of hydrogen-bond donors (Lipinski definition) is 2. The molecule has 1 aliphatic carbocycles. The first-order chi connectivity index (χ1) is 16.6. The predicted molar refractivity (Wildman–Crippen MR) is 134 cm³/mol. The molecule has 0 saturated heterocycles. The zero-order valence-corrected chi connectivity index (χ0v) is 20.1. The van der Waals surface area contributed by atoms with Crippen LogP contribution in [0.5, 0.6) is 0 Å². The van der Waals surface area contributed by atoms with Crippen LogP contribution in [0.3, 0.4) is 0 Å². The van der Waals surface area contributed by atoms with Crippen LogP contribution in [-0.2, 0) is 28.8 Å². The Morgan fingerprint density at radius 2 is 2.24 bits per heavy atom. The van der Waals surface area contributed by atoms with Crippen molar-refractivity contribution < 1.29 is 14.3 Å². The Hall–Kier alpha value is -3.48. The summed E-state index contributed by atoms with van der Waals surface area (Å²) in [4.78, 5) is 30.5. The van der Waals surface area contributed by atoms with E-state index in [4.69, 9.17) is 4.74 Å². The van der Waals surface area contributed by atoms with Crippen LogP contribution < -0.4 is 10.6 Å². The van der Waals surface area contributed by atoms with Gasteiger partial charge < -0.3 is 15.4 Å². The first kappa shape index (κ1) is 23.7. The van der Waals surface area contributed by atoms with E-state index in [-0.39, 0.29) is 11.8 Å². The van der Waals surface area contributed by atoms with Crippen molar-refractivity contribution in [3.8, 4) is 6.07 Å². The van der Waals surface area contributed by atoms with E-state index in [9.17, 15) is 14.9 Å². The third-order valence-electron chi connectivity index (χ3n) is 5.51. The first-order valence-electron chi connectivity index (χ1n) is 11.0. The highest BCUT2D eigenvalue weighted by atomic mass is 32.1. The molecular formula is C25H24N4O3S2. The number of nitrogens with zero attached hydrogens (tertiary/aromatic N) is 2. The Kier molecular flexibility index (Phi) is 8.07. The van der Waals surface area contributed by atoms with Crippen molar-refractivity contribution in [2.24, 2.45) is 5.92 Å². The number of carbonyl (C=O) groups is 2. The summed E-state index contributed by atoms with van der Waals surface area (Å²) < 4.78 is 5.43. The first-order valence-corrected chi connectivity index (χ1v) is 12.7. The van der Waals surface area contributed by atoms with Gasteiger partial charge in [0.2, 0.25) is 5.91 Å². The summed E-state index contributed by atoms with van der Waals surface area (Å²) in [6, 6.07) is 9.95. The number of alkyl carbamates (subject to hydrolysis) is 1. The molecule has 0 aliphatic heterocycles. The fraction of sp³-hybridized carbons (Fsp3) is 0.280. The number of nitrogens with one attached hydrogen (secondary N) is 2. The summed E-state index contributed by atoms with van der Waals surface area (Å²) in [5.41, 5.74) is 2.60. The van der Waals surface area contributed by atoms with Gasteiger partial charge in [0.15, 0.2) is 0 Å². The molecule has 3 aromatic heterocycles. The van der Waals surface area contributed by atoms with E-state index in [1.807, 2.05) is 29.6 Å². The summed E-state index contributed by atoms with van der Waals surface area (Å²) in [5, 5.41) is 17.8. The number of carbonyl (C=O) groups excluding carboxylic acids is 2. The molecule has 0 fully saturated rings. The highest BCUT2D eigenvalue weighted by Gasteiger charge is 2.27.